The first kappa shape index (κ1) is 15.6. The number of hydrogen-bond donors (Lipinski definition) is 0. The molecular weight excluding hydrogens is 226 g/mol. The Hall–Kier alpha value is -0.410. The molecule has 1 rings (SSSR count). The van der Waals surface area contributed by atoms with E-state index < -0.39 is 0 Å². The molecule has 0 aromatic carbocycles. The monoisotopic (exact) mass is 255 g/mol. The molecule has 1 fully saturated rings. The van der Waals surface area contributed by atoms with Gasteiger partial charge in [-0.3, -0.25) is 9.69 Å². The number of nitrogens with zero attached hydrogens (tertiary/aromatic N) is 1. The summed E-state index contributed by atoms with van der Waals surface area (Å²) in [6, 6.07) is 0.463. The van der Waals surface area contributed by atoms with Crippen LogP contribution in [0.2, 0.25) is 0 Å². The summed E-state index contributed by atoms with van der Waals surface area (Å²) < 4.78 is 5.67. The molecular formula is C15H29NO2. The van der Waals surface area contributed by atoms with Gasteiger partial charge in [-0.1, -0.05) is 20.3 Å². The summed E-state index contributed by atoms with van der Waals surface area (Å²) in [6.07, 6.45) is 5.55. The molecule has 1 atom stereocenters. The molecule has 0 spiro atoms. The van der Waals surface area contributed by atoms with Gasteiger partial charge < -0.3 is 4.74 Å². The van der Waals surface area contributed by atoms with Gasteiger partial charge in [0.15, 0.2) is 0 Å². The number of ether oxygens (including phenoxy) is 1. The maximum absolute atomic E-state index is 11.3. The molecule has 0 amide bonds. The van der Waals surface area contributed by atoms with Crippen molar-refractivity contribution in [2.24, 2.45) is 5.92 Å². The Balaban J connectivity index is 2.18. The molecule has 1 saturated heterocycles. The normalized spacial score (nSPS) is 21.4. The minimum atomic E-state index is 0.313. The topological polar surface area (TPSA) is 29.5 Å². The van der Waals surface area contributed by atoms with E-state index in [2.05, 4.69) is 18.7 Å². The maximum Gasteiger partial charge on any atom is 0.131 e. The standard InChI is InChI=1S/C15H29NO2/c1-13(2)7-10-18-11-9-16-8-5-4-6-15(16)12-14(3)17/h13,15H,4-12H2,1-3H3. The number of hydrogen-bond acceptors (Lipinski definition) is 3. The van der Waals surface area contributed by atoms with Gasteiger partial charge in [0.2, 0.25) is 0 Å². The lowest BCUT2D eigenvalue weighted by molar-refractivity contribution is -0.118. The van der Waals surface area contributed by atoms with Crippen LogP contribution in [0, 0.1) is 5.92 Å². The number of likely N-dealkylation sites (tertiary alicyclic amines) is 1. The van der Waals surface area contributed by atoms with Gasteiger partial charge in [0.25, 0.3) is 0 Å². The maximum atomic E-state index is 11.3. The van der Waals surface area contributed by atoms with E-state index in [0.717, 1.165) is 32.7 Å². The van der Waals surface area contributed by atoms with Crippen LogP contribution in [0.5, 0.6) is 0 Å². The van der Waals surface area contributed by atoms with Gasteiger partial charge >= 0.3 is 0 Å². The van der Waals surface area contributed by atoms with Crippen molar-refractivity contribution in [3.8, 4) is 0 Å². The van der Waals surface area contributed by atoms with Gasteiger partial charge in [-0.15, -0.1) is 0 Å². The van der Waals surface area contributed by atoms with E-state index in [-0.39, 0.29) is 0 Å². The van der Waals surface area contributed by atoms with Crippen molar-refractivity contribution in [2.75, 3.05) is 26.3 Å². The predicted molar refractivity (Wildman–Crippen MR) is 74.8 cm³/mol. The van der Waals surface area contributed by atoms with Crippen LogP contribution in [0.15, 0.2) is 0 Å². The third kappa shape index (κ3) is 6.50. The molecule has 0 N–H and O–H groups in total. The highest BCUT2D eigenvalue weighted by molar-refractivity contribution is 5.76. The Labute approximate surface area is 112 Å². The largest absolute Gasteiger partial charge is 0.380 e. The molecule has 106 valence electrons. The number of Topliss-reactive ketones (excluding diaryl/α,β-unsaturated/α-hetero) is 1. The second kappa shape index (κ2) is 8.65. The fourth-order valence-corrected chi connectivity index (χ4v) is 2.52. The molecule has 0 aromatic rings. The minimum absolute atomic E-state index is 0.313. The first-order chi connectivity index (χ1) is 8.59. The lowest BCUT2D eigenvalue weighted by Crippen LogP contribution is -2.42. The Morgan fingerprint density at radius 2 is 2.11 bits per heavy atom. The van der Waals surface area contributed by atoms with Crippen LogP contribution in [-0.4, -0.2) is 43.0 Å². The van der Waals surface area contributed by atoms with Gasteiger partial charge in [-0.2, -0.15) is 0 Å². The van der Waals surface area contributed by atoms with E-state index in [0.29, 0.717) is 24.2 Å². The summed E-state index contributed by atoms with van der Waals surface area (Å²) in [7, 11) is 0. The second-order valence-electron chi connectivity index (χ2n) is 5.89. The first-order valence-corrected chi connectivity index (χ1v) is 7.41. The molecule has 1 unspecified atom stereocenters. The van der Waals surface area contributed by atoms with Crippen molar-refractivity contribution in [2.45, 2.75) is 58.9 Å². The Morgan fingerprint density at radius 3 is 2.78 bits per heavy atom. The Bertz CT molecular complexity index is 241. The second-order valence-corrected chi connectivity index (χ2v) is 5.89. The van der Waals surface area contributed by atoms with E-state index in [1.807, 2.05) is 0 Å². The molecule has 0 bridgehead atoms. The molecule has 3 nitrogen and oxygen atoms in total. The van der Waals surface area contributed by atoms with Gasteiger partial charge in [0, 0.05) is 25.6 Å². The number of piperidine rings is 1. The van der Waals surface area contributed by atoms with Crippen LogP contribution < -0.4 is 0 Å². The fourth-order valence-electron chi connectivity index (χ4n) is 2.52. The molecule has 18 heavy (non-hydrogen) atoms. The number of carbonyl (C=O) groups excluding carboxylic acids is 1. The van der Waals surface area contributed by atoms with Crippen LogP contribution >= 0.6 is 0 Å². The van der Waals surface area contributed by atoms with Crippen molar-refractivity contribution >= 4 is 5.78 Å². The number of ketones is 1. The summed E-state index contributed by atoms with van der Waals surface area (Å²) in [5.41, 5.74) is 0. The summed E-state index contributed by atoms with van der Waals surface area (Å²) in [5, 5.41) is 0. The number of rotatable bonds is 8. The first-order valence-electron chi connectivity index (χ1n) is 7.41. The van der Waals surface area contributed by atoms with Crippen molar-refractivity contribution in [3.63, 3.8) is 0 Å². The lowest BCUT2D eigenvalue weighted by Gasteiger charge is -2.35. The molecule has 3 heteroatoms. The Kier molecular flexibility index (Phi) is 7.52. The van der Waals surface area contributed by atoms with Crippen molar-refractivity contribution < 1.29 is 9.53 Å². The Morgan fingerprint density at radius 1 is 1.33 bits per heavy atom. The smallest absolute Gasteiger partial charge is 0.131 e. The lowest BCUT2D eigenvalue weighted by atomic mass is 9.98. The zero-order valence-corrected chi connectivity index (χ0v) is 12.3. The van der Waals surface area contributed by atoms with E-state index >= 15 is 0 Å². The van der Waals surface area contributed by atoms with E-state index in [4.69, 9.17) is 4.74 Å². The van der Waals surface area contributed by atoms with Gasteiger partial charge in [-0.25, -0.2) is 0 Å². The third-order valence-electron chi connectivity index (χ3n) is 3.63. The molecule has 1 aliphatic heterocycles. The average Bonchev–Trinajstić information content (AvgIpc) is 2.29. The van der Waals surface area contributed by atoms with Crippen LogP contribution in [0.1, 0.15) is 52.9 Å². The zero-order chi connectivity index (χ0) is 13.4. The molecule has 0 radical (unpaired) electrons. The summed E-state index contributed by atoms with van der Waals surface area (Å²) in [5.74, 6) is 1.03. The van der Waals surface area contributed by atoms with Gasteiger partial charge in [0.1, 0.15) is 5.78 Å². The third-order valence-corrected chi connectivity index (χ3v) is 3.63. The van der Waals surface area contributed by atoms with Crippen LogP contribution in [-0.2, 0) is 9.53 Å². The highest BCUT2D eigenvalue weighted by atomic mass is 16.5. The molecule has 0 aliphatic carbocycles. The highest BCUT2D eigenvalue weighted by Gasteiger charge is 2.22. The van der Waals surface area contributed by atoms with Crippen molar-refractivity contribution in [3.05, 3.63) is 0 Å². The van der Waals surface area contributed by atoms with Crippen LogP contribution in [0.3, 0.4) is 0 Å². The highest BCUT2D eigenvalue weighted by Crippen LogP contribution is 2.19. The van der Waals surface area contributed by atoms with Crippen molar-refractivity contribution in [1.82, 2.24) is 4.90 Å². The summed E-state index contributed by atoms with van der Waals surface area (Å²) in [6.45, 7) is 9.92. The van der Waals surface area contributed by atoms with Crippen molar-refractivity contribution in [1.29, 1.82) is 0 Å². The van der Waals surface area contributed by atoms with Crippen LogP contribution in [0.25, 0.3) is 0 Å². The van der Waals surface area contributed by atoms with Crippen LogP contribution in [0.4, 0.5) is 0 Å². The van der Waals surface area contributed by atoms with E-state index in [1.54, 1.807) is 6.92 Å². The predicted octanol–water partition coefficient (Wildman–Crippen LogP) is 2.88. The summed E-state index contributed by atoms with van der Waals surface area (Å²) in [4.78, 5) is 13.7. The van der Waals surface area contributed by atoms with E-state index in [9.17, 15) is 4.79 Å². The molecule has 0 aromatic heterocycles. The molecule has 0 saturated carbocycles. The van der Waals surface area contributed by atoms with E-state index in [1.165, 1.54) is 19.3 Å². The van der Waals surface area contributed by atoms with Gasteiger partial charge in [0.05, 0.1) is 6.61 Å². The quantitative estimate of drug-likeness (QED) is 0.625. The average molecular weight is 255 g/mol. The minimum Gasteiger partial charge on any atom is -0.380 e. The van der Waals surface area contributed by atoms with Gasteiger partial charge in [-0.05, 0) is 38.6 Å². The summed E-state index contributed by atoms with van der Waals surface area (Å²) >= 11 is 0. The fraction of sp³-hybridized carbons (Fsp3) is 0.933. The molecule has 1 aliphatic rings. The molecule has 1 heterocycles. The zero-order valence-electron chi connectivity index (χ0n) is 12.3. The SMILES string of the molecule is CC(=O)CC1CCCCN1CCOCCC(C)C. The number of carbonyl (C=O) groups is 1.